The highest BCUT2D eigenvalue weighted by molar-refractivity contribution is 5.95. The number of piperidine rings is 1. The van der Waals surface area contributed by atoms with Crippen LogP contribution in [0.2, 0.25) is 0 Å². The third kappa shape index (κ3) is 6.84. The second-order valence-electron chi connectivity index (χ2n) is 6.87. The molecule has 0 aliphatic carbocycles. The highest BCUT2D eigenvalue weighted by atomic mass is 35.5. The molecular formula is C19H31ClN4O2. The van der Waals surface area contributed by atoms with E-state index in [9.17, 15) is 9.59 Å². The summed E-state index contributed by atoms with van der Waals surface area (Å²) in [6.45, 7) is 9.58. The number of amides is 3. The van der Waals surface area contributed by atoms with E-state index in [4.69, 9.17) is 0 Å². The van der Waals surface area contributed by atoms with E-state index in [1.165, 1.54) is 0 Å². The number of rotatable bonds is 6. The standard InChI is InChI=1S/C19H30N4O2.ClH/c1-4-20-13-15-9-11-23(12-10-15)18(24)16-5-7-17(8-6-16)22-19(25)21-14(2)3;/h5-8,14-15,20H,4,9-13H2,1-3H3,(H2,21,22,25);1H. The van der Waals surface area contributed by atoms with Gasteiger partial charge in [-0.25, -0.2) is 4.79 Å². The number of hydrogen-bond donors (Lipinski definition) is 3. The van der Waals surface area contributed by atoms with Crippen LogP contribution in [-0.4, -0.2) is 49.1 Å². The summed E-state index contributed by atoms with van der Waals surface area (Å²) < 4.78 is 0. The van der Waals surface area contributed by atoms with Crippen LogP contribution in [-0.2, 0) is 0 Å². The zero-order chi connectivity index (χ0) is 18.2. The Bertz CT molecular complexity index is 569. The Morgan fingerprint density at radius 3 is 2.31 bits per heavy atom. The number of benzene rings is 1. The Morgan fingerprint density at radius 1 is 1.15 bits per heavy atom. The van der Waals surface area contributed by atoms with E-state index in [-0.39, 0.29) is 30.4 Å². The molecule has 0 atom stereocenters. The van der Waals surface area contributed by atoms with Gasteiger partial charge in [-0.2, -0.15) is 0 Å². The summed E-state index contributed by atoms with van der Waals surface area (Å²) in [5, 5.41) is 8.92. The molecule has 6 nitrogen and oxygen atoms in total. The first kappa shape index (κ1) is 22.3. The monoisotopic (exact) mass is 382 g/mol. The van der Waals surface area contributed by atoms with Gasteiger partial charge in [-0.05, 0) is 70.0 Å². The van der Waals surface area contributed by atoms with Gasteiger partial charge in [0.15, 0.2) is 0 Å². The number of carbonyl (C=O) groups excluding carboxylic acids is 2. The highest BCUT2D eigenvalue weighted by Gasteiger charge is 2.23. The van der Waals surface area contributed by atoms with Gasteiger partial charge in [0.2, 0.25) is 0 Å². The number of urea groups is 1. The second-order valence-corrected chi connectivity index (χ2v) is 6.87. The summed E-state index contributed by atoms with van der Waals surface area (Å²) in [5.74, 6) is 0.732. The van der Waals surface area contributed by atoms with Crippen molar-refractivity contribution < 1.29 is 9.59 Å². The van der Waals surface area contributed by atoms with Gasteiger partial charge < -0.3 is 20.9 Å². The fourth-order valence-corrected chi connectivity index (χ4v) is 3.00. The number of anilines is 1. The maximum atomic E-state index is 12.6. The van der Waals surface area contributed by atoms with Crippen molar-refractivity contribution in [1.82, 2.24) is 15.5 Å². The molecule has 1 aromatic carbocycles. The molecule has 1 saturated heterocycles. The molecular weight excluding hydrogens is 352 g/mol. The van der Waals surface area contributed by atoms with Crippen LogP contribution in [0.3, 0.4) is 0 Å². The van der Waals surface area contributed by atoms with Gasteiger partial charge in [0.05, 0.1) is 0 Å². The molecule has 0 spiro atoms. The minimum atomic E-state index is -0.239. The molecule has 1 aliphatic heterocycles. The minimum absolute atomic E-state index is 0. The van der Waals surface area contributed by atoms with Crippen LogP contribution in [0, 0.1) is 5.92 Å². The molecule has 3 N–H and O–H groups in total. The Balaban J connectivity index is 0.00000338. The Kier molecular flexibility index (Phi) is 9.44. The van der Waals surface area contributed by atoms with Crippen molar-refractivity contribution >= 4 is 30.0 Å². The van der Waals surface area contributed by atoms with Crippen LogP contribution in [0.4, 0.5) is 10.5 Å². The fraction of sp³-hybridized carbons (Fsp3) is 0.579. The quantitative estimate of drug-likeness (QED) is 0.707. The smallest absolute Gasteiger partial charge is 0.319 e. The van der Waals surface area contributed by atoms with Crippen LogP contribution in [0.5, 0.6) is 0 Å². The number of likely N-dealkylation sites (tertiary alicyclic amines) is 1. The number of hydrogen-bond acceptors (Lipinski definition) is 3. The normalized spacial score (nSPS) is 14.7. The number of carbonyl (C=O) groups is 2. The average molecular weight is 383 g/mol. The van der Waals surface area contributed by atoms with E-state index in [1.807, 2.05) is 18.7 Å². The predicted octanol–water partition coefficient (Wildman–Crippen LogP) is 3.10. The molecule has 146 valence electrons. The Hall–Kier alpha value is -1.79. The summed E-state index contributed by atoms with van der Waals surface area (Å²) in [6.07, 6.45) is 2.10. The molecule has 26 heavy (non-hydrogen) atoms. The third-order valence-electron chi connectivity index (χ3n) is 4.39. The van der Waals surface area contributed by atoms with E-state index in [0.717, 1.165) is 39.0 Å². The topological polar surface area (TPSA) is 73.5 Å². The number of halogens is 1. The van der Waals surface area contributed by atoms with Crippen LogP contribution < -0.4 is 16.0 Å². The average Bonchev–Trinajstić information content (AvgIpc) is 2.59. The van der Waals surface area contributed by atoms with E-state index in [0.29, 0.717) is 17.2 Å². The van der Waals surface area contributed by atoms with Crippen molar-refractivity contribution in [2.24, 2.45) is 5.92 Å². The minimum Gasteiger partial charge on any atom is -0.339 e. The zero-order valence-corrected chi connectivity index (χ0v) is 16.7. The molecule has 1 aliphatic rings. The lowest BCUT2D eigenvalue weighted by molar-refractivity contribution is 0.0690. The lowest BCUT2D eigenvalue weighted by atomic mass is 9.96. The van der Waals surface area contributed by atoms with Crippen LogP contribution in [0.1, 0.15) is 44.0 Å². The SMILES string of the molecule is CCNCC1CCN(C(=O)c2ccc(NC(=O)NC(C)C)cc2)CC1.Cl. The summed E-state index contributed by atoms with van der Waals surface area (Å²) in [5.41, 5.74) is 1.35. The third-order valence-corrected chi connectivity index (χ3v) is 4.39. The van der Waals surface area contributed by atoms with E-state index in [2.05, 4.69) is 22.9 Å². The molecule has 0 unspecified atom stereocenters. The van der Waals surface area contributed by atoms with E-state index < -0.39 is 0 Å². The molecule has 1 heterocycles. The summed E-state index contributed by atoms with van der Waals surface area (Å²) in [6, 6.07) is 6.93. The molecule has 3 amide bonds. The van der Waals surface area contributed by atoms with Gasteiger partial charge >= 0.3 is 6.03 Å². The lowest BCUT2D eigenvalue weighted by Gasteiger charge is -2.32. The molecule has 1 aromatic rings. The predicted molar refractivity (Wildman–Crippen MR) is 108 cm³/mol. The van der Waals surface area contributed by atoms with Gasteiger partial charge in [0.1, 0.15) is 0 Å². The highest BCUT2D eigenvalue weighted by Crippen LogP contribution is 2.19. The molecule has 0 bridgehead atoms. The van der Waals surface area contributed by atoms with Crippen LogP contribution in [0.25, 0.3) is 0 Å². The molecule has 1 fully saturated rings. The largest absolute Gasteiger partial charge is 0.339 e. The summed E-state index contributed by atoms with van der Waals surface area (Å²) in [7, 11) is 0. The van der Waals surface area contributed by atoms with Gasteiger partial charge in [0, 0.05) is 30.4 Å². The first-order valence-electron chi connectivity index (χ1n) is 9.17. The van der Waals surface area contributed by atoms with E-state index in [1.54, 1.807) is 24.3 Å². The van der Waals surface area contributed by atoms with Crippen molar-refractivity contribution in [2.75, 3.05) is 31.5 Å². The van der Waals surface area contributed by atoms with Crippen molar-refractivity contribution in [1.29, 1.82) is 0 Å². The van der Waals surface area contributed by atoms with Crippen molar-refractivity contribution in [3.05, 3.63) is 29.8 Å². The van der Waals surface area contributed by atoms with Crippen molar-refractivity contribution in [2.45, 2.75) is 39.7 Å². The fourth-order valence-electron chi connectivity index (χ4n) is 3.00. The first-order chi connectivity index (χ1) is 12.0. The van der Waals surface area contributed by atoms with E-state index >= 15 is 0 Å². The van der Waals surface area contributed by atoms with Crippen LogP contribution >= 0.6 is 12.4 Å². The zero-order valence-electron chi connectivity index (χ0n) is 15.9. The number of nitrogens with one attached hydrogen (secondary N) is 3. The molecule has 0 aromatic heterocycles. The molecule has 2 rings (SSSR count). The molecule has 0 radical (unpaired) electrons. The summed E-state index contributed by atoms with van der Waals surface area (Å²) >= 11 is 0. The maximum absolute atomic E-state index is 12.6. The van der Waals surface area contributed by atoms with Gasteiger partial charge in [-0.1, -0.05) is 6.92 Å². The van der Waals surface area contributed by atoms with Crippen LogP contribution in [0.15, 0.2) is 24.3 Å². The lowest BCUT2D eigenvalue weighted by Crippen LogP contribution is -2.40. The Labute approximate surface area is 162 Å². The van der Waals surface area contributed by atoms with Crippen molar-refractivity contribution in [3.8, 4) is 0 Å². The maximum Gasteiger partial charge on any atom is 0.319 e. The first-order valence-corrected chi connectivity index (χ1v) is 9.17. The molecule has 7 heteroatoms. The Morgan fingerprint density at radius 2 is 1.77 bits per heavy atom. The molecule has 0 saturated carbocycles. The number of nitrogens with zero attached hydrogens (tertiary/aromatic N) is 1. The van der Waals surface area contributed by atoms with Gasteiger partial charge in [-0.3, -0.25) is 4.79 Å². The van der Waals surface area contributed by atoms with Crippen molar-refractivity contribution in [3.63, 3.8) is 0 Å². The summed E-state index contributed by atoms with van der Waals surface area (Å²) in [4.78, 5) is 26.2. The van der Waals surface area contributed by atoms with Gasteiger partial charge in [0.25, 0.3) is 5.91 Å². The van der Waals surface area contributed by atoms with Gasteiger partial charge in [-0.15, -0.1) is 12.4 Å². The second kappa shape index (κ2) is 11.0.